The maximum absolute atomic E-state index is 4.56. The minimum absolute atomic E-state index is 0.120. The van der Waals surface area contributed by atoms with Crippen LogP contribution in [-0.4, -0.2) is 0 Å². The lowest BCUT2D eigenvalue weighted by atomic mass is 9.41. The smallest absolute Gasteiger partial charge is 0.0804 e. The number of unbranched alkanes of at least 4 members (excludes halogenated alkanes) is 9. The summed E-state index contributed by atoms with van der Waals surface area (Å²) in [6, 6.07) is 0. The fraction of sp³-hybridized carbons (Fsp3) is 0.843. The fourth-order valence-corrected chi connectivity index (χ4v) is 11.9. The fourth-order valence-electron chi connectivity index (χ4n) is 11.9. The molecule has 0 heterocycles. The van der Waals surface area contributed by atoms with E-state index in [1.165, 1.54) is 199 Å². The van der Waals surface area contributed by atoms with Crippen LogP contribution in [0.1, 0.15) is 240 Å². The van der Waals surface area contributed by atoms with Gasteiger partial charge in [0, 0.05) is 11.8 Å². The lowest BCUT2D eigenvalue weighted by molar-refractivity contribution is -0.0165. The van der Waals surface area contributed by atoms with E-state index < -0.39 is 0 Å². The maximum atomic E-state index is 4.56. The van der Waals surface area contributed by atoms with Gasteiger partial charge in [0.05, 0.1) is 5.41 Å². The van der Waals surface area contributed by atoms with Crippen LogP contribution in [0.4, 0.5) is 0 Å². The first kappa shape index (κ1) is 42.5. The Labute approximate surface area is 320 Å². The summed E-state index contributed by atoms with van der Waals surface area (Å²) in [6.07, 6.45) is 52.2. The highest BCUT2D eigenvalue weighted by molar-refractivity contribution is 5.49. The van der Waals surface area contributed by atoms with Crippen LogP contribution in [0.5, 0.6) is 0 Å². The van der Waals surface area contributed by atoms with Crippen LogP contribution in [-0.2, 0) is 0 Å². The predicted molar refractivity (Wildman–Crippen MR) is 227 cm³/mol. The third kappa shape index (κ3) is 11.2. The molecule has 0 nitrogen and oxygen atoms in total. The molecule has 3 atom stereocenters. The third-order valence-electron chi connectivity index (χ3n) is 14.3. The number of rotatable bonds is 17. The molecule has 0 amide bonds. The summed E-state index contributed by atoms with van der Waals surface area (Å²) in [4.78, 5) is 0. The van der Waals surface area contributed by atoms with Crippen molar-refractivity contribution in [3.63, 3.8) is 0 Å². The van der Waals surface area contributed by atoms with Crippen LogP contribution >= 0.6 is 0 Å². The minimum Gasteiger partial charge on any atom is -0.102 e. The average Bonchev–Trinajstić information content (AvgIpc) is 3.13. The summed E-state index contributed by atoms with van der Waals surface area (Å²) in [7, 11) is 0. The first-order valence-electron chi connectivity index (χ1n) is 23.7. The molecule has 0 aromatic heterocycles. The highest BCUT2D eigenvalue weighted by Crippen LogP contribution is 2.68. The third-order valence-corrected chi connectivity index (χ3v) is 14.3. The molecule has 0 bridgehead atoms. The Kier molecular flexibility index (Phi) is 19.6. The molecule has 4 aliphatic rings. The summed E-state index contributed by atoms with van der Waals surface area (Å²) in [6.45, 7) is 12.4. The van der Waals surface area contributed by atoms with Crippen molar-refractivity contribution in [2.24, 2.45) is 34.5 Å². The van der Waals surface area contributed by atoms with Gasteiger partial charge in [-0.3, -0.25) is 0 Å². The van der Waals surface area contributed by atoms with Crippen molar-refractivity contribution in [3.05, 3.63) is 34.9 Å². The molecule has 2 fully saturated rings. The molecule has 0 radical (unpaired) electrons. The van der Waals surface area contributed by atoms with Gasteiger partial charge in [-0.05, 0) is 126 Å². The van der Waals surface area contributed by atoms with Crippen molar-refractivity contribution in [3.8, 4) is 11.8 Å². The molecule has 4 rings (SSSR count). The van der Waals surface area contributed by atoms with Crippen molar-refractivity contribution in [1.82, 2.24) is 0 Å². The van der Waals surface area contributed by atoms with E-state index >= 15 is 0 Å². The normalized spacial score (nSPS) is 29.2. The largest absolute Gasteiger partial charge is 0.102 e. The zero-order valence-electron chi connectivity index (χ0n) is 35.2. The number of hydrogen-bond acceptors (Lipinski definition) is 0. The molecule has 4 aliphatic carbocycles. The Balaban J connectivity index is 2.11. The first-order valence-corrected chi connectivity index (χ1v) is 23.7. The molecule has 0 saturated heterocycles. The van der Waals surface area contributed by atoms with Gasteiger partial charge in [0.2, 0.25) is 0 Å². The topological polar surface area (TPSA) is 0 Å². The molecular formula is C51H86. The van der Waals surface area contributed by atoms with Crippen LogP contribution in [0, 0.1) is 46.3 Å². The SMILES string of the molecule is CCCCC#CC1(C=CCCCC)/C(CCCCCCCC)=C(/C2CCCCCCC2)CCCC(C(C)C)C1(C1=CCCCC1)C1CCCCC1. The van der Waals surface area contributed by atoms with E-state index in [1.54, 1.807) is 0 Å². The van der Waals surface area contributed by atoms with Gasteiger partial charge in [-0.1, -0.05) is 173 Å². The van der Waals surface area contributed by atoms with Crippen molar-refractivity contribution < 1.29 is 0 Å². The van der Waals surface area contributed by atoms with E-state index in [4.69, 9.17) is 0 Å². The van der Waals surface area contributed by atoms with Crippen LogP contribution in [0.15, 0.2) is 34.9 Å². The molecule has 51 heavy (non-hydrogen) atoms. The van der Waals surface area contributed by atoms with Gasteiger partial charge in [0.1, 0.15) is 0 Å². The Bertz CT molecular complexity index is 1100. The van der Waals surface area contributed by atoms with E-state index in [0.29, 0.717) is 11.8 Å². The quantitative estimate of drug-likeness (QED) is 0.0806. The average molecular weight is 699 g/mol. The molecule has 0 aromatic carbocycles. The molecule has 0 spiro atoms. The summed E-state index contributed by atoms with van der Waals surface area (Å²) in [5.41, 5.74) is 5.70. The lowest BCUT2D eigenvalue weighted by Crippen LogP contribution is -2.56. The van der Waals surface area contributed by atoms with Gasteiger partial charge >= 0.3 is 0 Å². The standard InChI is InChI=1S/C51H86/c1-6-9-12-15-19-28-39-49-47(44-32-22-17-16-18-23-33-44)38-31-40-48(43(4)5)51(45-34-24-20-25-35-45,46-36-26-21-27-37-46)50(49,41-29-13-10-7-2)42-30-14-11-8-3/h29,34,41,43-44,46,48H,6-28,31-33,35-40H2,1-5H3/b41-29?,49-47+. The van der Waals surface area contributed by atoms with Crippen molar-refractivity contribution >= 4 is 0 Å². The van der Waals surface area contributed by atoms with Crippen LogP contribution in [0.3, 0.4) is 0 Å². The molecule has 290 valence electrons. The Morgan fingerprint density at radius 1 is 0.686 bits per heavy atom. The van der Waals surface area contributed by atoms with E-state index in [9.17, 15) is 0 Å². The Morgan fingerprint density at radius 2 is 1.35 bits per heavy atom. The summed E-state index contributed by atoms with van der Waals surface area (Å²) >= 11 is 0. The number of allylic oxidation sites excluding steroid dienone is 6. The number of hydrogen-bond donors (Lipinski definition) is 0. The molecular weight excluding hydrogens is 613 g/mol. The zero-order chi connectivity index (χ0) is 36.2. The van der Waals surface area contributed by atoms with Crippen LogP contribution in [0.2, 0.25) is 0 Å². The van der Waals surface area contributed by atoms with Crippen molar-refractivity contribution in [2.45, 2.75) is 240 Å². The highest BCUT2D eigenvalue weighted by Gasteiger charge is 2.62. The highest BCUT2D eigenvalue weighted by atomic mass is 14.6. The van der Waals surface area contributed by atoms with E-state index in [1.807, 2.05) is 16.7 Å². The van der Waals surface area contributed by atoms with Crippen molar-refractivity contribution in [1.29, 1.82) is 0 Å². The predicted octanol–water partition coefficient (Wildman–Crippen LogP) is 16.8. The second-order valence-corrected chi connectivity index (χ2v) is 18.2. The lowest BCUT2D eigenvalue weighted by Gasteiger charge is -2.62. The van der Waals surface area contributed by atoms with E-state index in [-0.39, 0.29) is 10.8 Å². The molecule has 0 N–H and O–H groups in total. The summed E-state index contributed by atoms with van der Waals surface area (Å²) < 4.78 is 0. The first-order chi connectivity index (χ1) is 25.1. The summed E-state index contributed by atoms with van der Waals surface area (Å²) in [5, 5.41) is 0. The van der Waals surface area contributed by atoms with Gasteiger partial charge in [0.25, 0.3) is 0 Å². The Morgan fingerprint density at radius 3 is 2.04 bits per heavy atom. The monoisotopic (exact) mass is 699 g/mol. The van der Waals surface area contributed by atoms with Gasteiger partial charge in [0.15, 0.2) is 0 Å². The molecule has 0 aliphatic heterocycles. The second kappa shape index (κ2) is 23.5. The summed E-state index contributed by atoms with van der Waals surface area (Å²) in [5.74, 6) is 11.6. The van der Waals surface area contributed by atoms with Crippen LogP contribution in [0.25, 0.3) is 0 Å². The molecule has 2 saturated carbocycles. The minimum atomic E-state index is -0.170. The second-order valence-electron chi connectivity index (χ2n) is 18.2. The molecule has 0 aromatic rings. The van der Waals surface area contributed by atoms with Gasteiger partial charge < -0.3 is 0 Å². The molecule has 0 heteroatoms. The van der Waals surface area contributed by atoms with E-state index in [2.05, 4.69) is 64.7 Å². The van der Waals surface area contributed by atoms with Gasteiger partial charge in [-0.25, -0.2) is 0 Å². The van der Waals surface area contributed by atoms with Gasteiger partial charge in [-0.15, -0.1) is 5.92 Å². The van der Waals surface area contributed by atoms with Crippen LogP contribution < -0.4 is 0 Å². The Hall–Kier alpha value is -1.22. The van der Waals surface area contributed by atoms with E-state index in [0.717, 1.165) is 18.3 Å². The maximum Gasteiger partial charge on any atom is 0.0804 e. The van der Waals surface area contributed by atoms with Crippen molar-refractivity contribution in [2.75, 3.05) is 0 Å². The molecule has 3 unspecified atom stereocenters. The zero-order valence-corrected chi connectivity index (χ0v) is 35.2. The van der Waals surface area contributed by atoms with Gasteiger partial charge in [-0.2, -0.15) is 0 Å².